The van der Waals surface area contributed by atoms with Crippen LogP contribution in [0, 0.1) is 55.4 Å². The Hall–Kier alpha value is -1.45. The first kappa shape index (κ1) is 41.7. The fourth-order valence-electron chi connectivity index (χ4n) is 8.18. The van der Waals surface area contributed by atoms with E-state index in [9.17, 15) is 0 Å². The van der Waals surface area contributed by atoms with E-state index < -0.39 is 19.3 Å². The molecule has 52 heavy (non-hydrogen) atoms. The van der Waals surface area contributed by atoms with Crippen molar-refractivity contribution in [3.8, 4) is 0 Å². The van der Waals surface area contributed by atoms with Crippen LogP contribution in [-0.4, -0.2) is 13.4 Å². The zero-order chi connectivity index (χ0) is 38.3. The summed E-state index contributed by atoms with van der Waals surface area (Å²) >= 11 is 53.9. The Labute approximate surface area is 350 Å². The normalized spacial score (nSPS) is 11.8. The second-order valence-electron chi connectivity index (χ2n) is 14.1. The number of benzene rings is 5. The summed E-state index contributed by atoms with van der Waals surface area (Å²) in [5.74, 6) is 0. The molecular formula is C42H40B2Cl8. The van der Waals surface area contributed by atoms with Crippen LogP contribution in [-0.2, 0) is 0 Å². The Morgan fingerprint density at radius 2 is 0.519 bits per heavy atom. The van der Waals surface area contributed by atoms with E-state index in [-0.39, 0.29) is 13.4 Å². The predicted molar refractivity (Wildman–Crippen MR) is 237 cm³/mol. The molecule has 270 valence electrons. The van der Waals surface area contributed by atoms with Crippen LogP contribution in [0.4, 0.5) is 0 Å². The number of hydrogen-bond acceptors (Lipinski definition) is 0. The van der Waals surface area contributed by atoms with Crippen molar-refractivity contribution in [2.24, 2.45) is 0 Å². The van der Waals surface area contributed by atoms with Crippen molar-refractivity contribution >= 4 is 139 Å². The van der Waals surface area contributed by atoms with Crippen LogP contribution in [0.15, 0.2) is 72.8 Å². The van der Waals surface area contributed by atoms with Gasteiger partial charge in [-0.2, -0.15) is 0 Å². The highest BCUT2D eigenvalue weighted by Gasteiger charge is 2.35. The molecular weight excluding hydrogens is 810 g/mol. The lowest BCUT2D eigenvalue weighted by molar-refractivity contribution is 1.28. The van der Waals surface area contributed by atoms with Crippen molar-refractivity contribution in [3.05, 3.63) is 140 Å². The second-order valence-corrected chi connectivity index (χ2v) is 18.5. The van der Waals surface area contributed by atoms with E-state index in [0.29, 0.717) is 0 Å². The number of rotatable bonds is 10. The molecule has 0 atom stereocenters. The molecule has 10 heteroatoms. The molecule has 0 N–H and O–H groups in total. The van der Waals surface area contributed by atoms with Crippen LogP contribution in [0.1, 0.15) is 86.1 Å². The number of halogens is 8. The van der Waals surface area contributed by atoms with Crippen molar-refractivity contribution < 1.29 is 0 Å². The van der Waals surface area contributed by atoms with E-state index in [4.69, 9.17) is 92.8 Å². The third-order valence-electron chi connectivity index (χ3n) is 9.95. The molecule has 5 aromatic rings. The molecule has 0 nitrogen and oxygen atoms in total. The summed E-state index contributed by atoms with van der Waals surface area (Å²) < 4.78 is 0. The molecule has 0 bridgehead atoms. The lowest BCUT2D eigenvalue weighted by Crippen LogP contribution is -2.58. The Balaban J connectivity index is 1.86. The third kappa shape index (κ3) is 8.67. The molecule has 0 aliphatic rings. The van der Waals surface area contributed by atoms with E-state index in [1.807, 2.05) is 0 Å². The summed E-state index contributed by atoms with van der Waals surface area (Å²) in [6.07, 6.45) is 0. The second kappa shape index (κ2) is 17.1. The SMILES string of the molecule is Cc1cc(C)c(B(c2ccc(B(c3c(C)cc(C)cc3C(Cl)Cl)c3c(C)cc(C)cc3C(Cl)Cl)cc2)c2c(C)cc(C)cc2C(Cl)Cl)c(C(Cl)Cl)c1. The fourth-order valence-corrected chi connectivity index (χ4v) is 9.63. The van der Waals surface area contributed by atoms with Gasteiger partial charge in [-0.15, -0.1) is 92.8 Å². The van der Waals surface area contributed by atoms with Crippen LogP contribution in [0.2, 0.25) is 0 Å². The molecule has 5 rings (SSSR count). The van der Waals surface area contributed by atoms with Gasteiger partial charge in [0, 0.05) is 0 Å². The molecule has 0 aliphatic heterocycles. The maximum Gasteiger partial charge on any atom is 0.242 e. The molecule has 0 radical (unpaired) electrons. The van der Waals surface area contributed by atoms with Gasteiger partial charge in [-0.1, -0.05) is 150 Å². The number of aryl methyl sites for hydroxylation is 8. The van der Waals surface area contributed by atoms with E-state index >= 15 is 0 Å². The van der Waals surface area contributed by atoms with Crippen molar-refractivity contribution in [2.45, 2.75) is 74.7 Å². The van der Waals surface area contributed by atoms with Crippen molar-refractivity contribution in [3.63, 3.8) is 0 Å². The highest BCUT2D eigenvalue weighted by Crippen LogP contribution is 2.31. The fraction of sp³-hybridized carbons (Fsp3) is 0.286. The summed E-state index contributed by atoms with van der Waals surface area (Å²) in [6.45, 7) is 16.1. The largest absolute Gasteiger partial charge is 0.242 e. The van der Waals surface area contributed by atoms with Gasteiger partial charge in [-0.25, -0.2) is 0 Å². The summed E-state index contributed by atoms with van der Waals surface area (Å²) in [5, 5.41) is 0. The smallest absolute Gasteiger partial charge is 0.100 e. The maximum atomic E-state index is 6.74. The molecule has 5 aromatic carbocycles. The first-order valence-corrected chi connectivity index (χ1v) is 20.6. The molecule has 0 saturated carbocycles. The van der Waals surface area contributed by atoms with Gasteiger partial charge in [0.1, 0.15) is 19.3 Å². The van der Waals surface area contributed by atoms with Crippen LogP contribution < -0.4 is 32.8 Å². The summed E-state index contributed by atoms with van der Waals surface area (Å²) in [4.78, 5) is -3.00. The molecule has 0 amide bonds. The molecule has 0 heterocycles. The van der Waals surface area contributed by atoms with Gasteiger partial charge in [-0.3, -0.25) is 0 Å². The van der Waals surface area contributed by atoms with Gasteiger partial charge in [0.2, 0.25) is 13.4 Å². The summed E-state index contributed by atoms with van der Waals surface area (Å²) in [7, 11) is 0. The Kier molecular flexibility index (Phi) is 13.7. The summed E-state index contributed by atoms with van der Waals surface area (Å²) in [6, 6.07) is 25.7. The topological polar surface area (TPSA) is 0 Å². The first-order valence-electron chi connectivity index (χ1n) is 17.1. The standard InChI is InChI=1S/C42H40B2Cl8/c1-21-13-25(5)35(31(17-21)39(45)46)43(36-26(6)14-22(2)18-32(36)40(47)48)29-9-11-30(12-10-29)44(37-27(7)15-23(3)19-33(37)41(49)50)38-28(8)16-24(4)20-34(38)42(51)52/h9-20,39-42H,1-8H3. The predicted octanol–water partition coefficient (Wildman–Crippen LogP) is 11.1. The maximum absolute atomic E-state index is 6.74. The van der Waals surface area contributed by atoms with Crippen LogP contribution in [0.3, 0.4) is 0 Å². The average Bonchev–Trinajstić information content (AvgIpc) is 3.04. The zero-order valence-electron chi connectivity index (χ0n) is 30.4. The van der Waals surface area contributed by atoms with E-state index in [2.05, 4.69) is 128 Å². The third-order valence-corrected chi connectivity index (χ3v) is 11.8. The Morgan fingerprint density at radius 1 is 0.327 bits per heavy atom. The van der Waals surface area contributed by atoms with Crippen molar-refractivity contribution in [1.82, 2.24) is 0 Å². The lowest BCUT2D eigenvalue weighted by atomic mass is 9.32. The molecule has 0 saturated heterocycles. The van der Waals surface area contributed by atoms with Crippen LogP contribution in [0.5, 0.6) is 0 Å². The van der Waals surface area contributed by atoms with Gasteiger partial charge in [0.05, 0.1) is 0 Å². The quantitative estimate of drug-likeness (QED) is 0.0970. The van der Waals surface area contributed by atoms with Crippen molar-refractivity contribution in [1.29, 1.82) is 0 Å². The first-order chi connectivity index (χ1) is 24.4. The van der Waals surface area contributed by atoms with E-state index in [1.54, 1.807) is 0 Å². The zero-order valence-corrected chi connectivity index (χ0v) is 36.5. The van der Waals surface area contributed by atoms with E-state index in [0.717, 1.165) is 99.5 Å². The van der Waals surface area contributed by atoms with Crippen LogP contribution in [0.25, 0.3) is 0 Å². The Morgan fingerprint density at radius 3 is 0.692 bits per heavy atom. The van der Waals surface area contributed by atoms with Crippen LogP contribution >= 0.6 is 92.8 Å². The minimum atomic E-state index is -0.749. The summed E-state index contributed by atoms with van der Waals surface area (Å²) in [5.41, 5.74) is 18.2. The van der Waals surface area contributed by atoms with Gasteiger partial charge in [-0.05, 0) is 77.6 Å². The number of hydrogen-bond donors (Lipinski definition) is 0. The highest BCUT2D eigenvalue weighted by molar-refractivity contribution is 6.98. The lowest BCUT2D eigenvalue weighted by Gasteiger charge is -2.28. The molecule has 0 aliphatic carbocycles. The molecule has 0 fully saturated rings. The van der Waals surface area contributed by atoms with Crippen molar-refractivity contribution in [2.75, 3.05) is 0 Å². The minimum absolute atomic E-state index is 0.280. The average molecular weight is 850 g/mol. The highest BCUT2D eigenvalue weighted by atomic mass is 35.5. The van der Waals surface area contributed by atoms with Gasteiger partial charge < -0.3 is 0 Å². The van der Waals surface area contributed by atoms with Gasteiger partial charge in [0.15, 0.2) is 0 Å². The van der Waals surface area contributed by atoms with E-state index in [1.165, 1.54) is 0 Å². The number of alkyl halides is 8. The molecule has 0 aromatic heterocycles. The molecule has 0 spiro atoms. The van der Waals surface area contributed by atoms with Gasteiger partial charge >= 0.3 is 0 Å². The Bertz CT molecular complexity index is 1830. The minimum Gasteiger partial charge on any atom is -0.100 e. The monoisotopic (exact) mass is 846 g/mol. The van der Waals surface area contributed by atoms with Gasteiger partial charge in [0.25, 0.3) is 0 Å². The molecule has 0 unspecified atom stereocenters.